The molecule has 86 valence electrons. The van der Waals surface area contributed by atoms with Crippen molar-refractivity contribution in [3.05, 3.63) is 58.3 Å². The molecule has 1 N–H and O–H groups in total. The fraction of sp³-hybridized carbons (Fsp3) is 0. The average Bonchev–Trinajstić information content (AvgIpc) is 2.29. The van der Waals surface area contributed by atoms with Crippen LogP contribution in [0.5, 0.6) is 0 Å². The summed E-state index contributed by atoms with van der Waals surface area (Å²) in [7, 11) is 0. The van der Waals surface area contributed by atoms with Gasteiger partial charge in [0.15, 0.2) is 0 Å². The molecule has 0 radical (unpaired) electrons. The van der Waals surface area contributed by atoms with E-state index >= 15 is 0 Å². The first kappa shape index (κ1) is 11.8. The highest BCUT2D eigenvalue weighted by molar-refractivity contribution is 9.10. The van der Waals surface area contributed by atoms with Crippen LogP contribution in [-0.4, -0.2) is 11.1 Å². The standard InChI is InChI=1S/C13H8BrFO2/c14-12-5-4-9(7-11(12)13(16)17)8-2-1-3-10(15)6-8/h1-7H,(H,16,17). The predicted octanol–water partition coefficient (Wildman–Crippen LogP) is 3.95. The highest BCUT2D eigenvalue weighted by Gasteiger charge is 2.10. The maximum atomic E-state index is 13.1. The monoisotopic (exact) mass is 294 g/mol. The van der Waals surface area contributed by atoms with Crippen molar-refractivity contribution in [2.24, 2.45) is 0 Å². The number of halogens is 2. The summed E-state index contributed by atoms with van der Waals surface area (Å²) in [6.45, 7) is 0. The van der Waals surface area contributed by atoms with Gasteiger partial charge in [-0.1, -0.05) is 18.2 Å². The summed E-state index contributed by atoms with van der Waals surface area (Å²) in [5.41, 5.74) is 1.48. The second-order valence-electron chi connectivity index (χ2n) is 3.51. The zero-order chi connectivity index (χ0) is 12.4. The first-order valence-electron chi connectivity index (χ1n) is 4.87. The van der Waals surface area contributed by atoms with Crippen molar-refractivity contribution >= 4 is 21.9 Å². The lowest BCUT2D eigenvalue weighted by atomic mass is 10.0. The van der Waals surface area contributed by atoms with Crippen molar-refractivity contribution in [1.82, 2.24) is 0 Å². The molecule has 0 atom stereocenters. The van der Waals surface area contributed by atoms with Gasteiger partial charge in [0.1, 0.15) is 5.82 Å². The summed E-state index contributed by atoms with van der Waals surface area (Å²) < 4.78 is 13.6. The minimum absolute atomic E-state index is 0.159. The van der Waals surface area contributed by atoms with Gasteiger partial charge in [-0.05, 0) is 51.3 Å². The molecule has 0 aliphatic carbocycles. The van der Waals surface area contributed by atoms with Crippen molar-refractivity contribution in [3.8, 4) is 11.1 Å². The van der Waals surface area contributed by atoms with Crippen LogP contribution in [-0.2, 0) is 0 Å². The molecule has 0 unspecified atom stereocenters. The molecule has 2 aromatic rings. The van der Waals surface area contributed by atoms with Gasteiger partial charge in [0, 0.05) is 4.47 Å². The lowest BCUT2D eigenvalue weighted by molar-refractivity contribution is 0.0696. The molecule has 0 heterocycles. The molecule has 0 aromatic heterocycles. The first-order valence-corrected chi connectivity index (χ1v) is 5.66. The quantitative estimate of drug-likeness (QED) is 0.910. The van der Waals surface area contributed by atoms with Gasteiger partial charge >= 0.3 is 5.97 Å². The number of carboxylic acids is 1. The molecule has 0 aliphatic rings. The Balaban J connectivity index is 2.54. The zero-order valence-corrected chi connectivity index (χ0v) is 10.2. The average molecular weight is 295 g/mol. The Bertz CT molecular complexity index is 581. The van der Waals surface area contributed by atoms with Crippen molar-refractivity contribution in [2.45, 2.75) is 0 Å². The van der Waals surface area contributed by atoms with E-state index in [4.69, 9.17) is 5.11 Å². The molecule has 4 heteroatoms. The van der Waals surface area contributed by atoms with Gasteiger partial charge in [0.25, 0.3) is 0 Å². The minimum atomic E-state index is -1.02. The molecule has 0 spiro atoms. The number of carboxylic acid groups (broad SMARTS) is 1. The first-order chi connectivity index (χ1) is 8.08. The fourth-order valence-electron chi connectivity index (χ4n) is 1.54. The van der Waals surface area contributed by atoms with Crippen LogP contribution in [0, 0.1) is 5.82 Å². The van der Waals surface area contributed by atoms with E-state index < -0.39 is 5.97 Å². The third-order valence-electron chi connectivity index (χ3n) is 2.35. The van der Waals surface area contributed by atoms with Gasteiger partial charge in [-0.15, -0.1) is 0 Å². The van der Waals surface area contributed by atoms with Crippen LogP contribution in [0.3, 0.4) is 0 Å². The van der Waals surface area contributed by atoms with Gasteiger partial charge < -0.3 is 5.11 Å². The maximum absolute atomic E-state index is 13.1. The van der Waals surface area contributed by atoms with Crippen LogP contribution >= 0.6 is 15.9 Å². The molecule has 0 aliphatic heterocycles. The normalized spacial score (nSPS) is 10.2. The number of hydrogen-bond donors (Lipinski definition) is 1. The lowest BCUT2D eigenvalue weighted by Crippen LogP contribution is -1.97. The Morgan fingerprint density at radius 3 is 2.47 bits per heavy atom. The lowest BCUT2D eigenvalue weighted by Gasteiger charge is -2.05. The molecular formula is C13H8BrFO2. The third kappa shape index (κ3) is 2.53. The Kier molecular flexibility index (Phi) is 3.24. The number of benzene rings is 2. The Labute approximate surface area is 106 Å². The van der Waals surface area contributed by atoms with E-state index in [-0.39, 0.29) is 11.4 Å². The largest absolute Gasteiger partial charge is 0.478 e. The Morgan fingerprint density at radius 2 is 1.82 bits per heavy atom. The van der Waals surface area contributed by atoms with Gasteiger partial charge in [-0.2, -0.15) is 0 Å². The topological polar surface area (TPSA) is 37.3 Å². The summed E-state index contributed by atoms with van der Waals surface area (Å²) in [6.07, 6.45) is 0. The van der Waals surface area contributed by atoms with E-state index in [9.17, 15) is 9.18 Å². The van der Waals surface area contributed by atoms with Gasteiger partial charge in [0.05, 0.1) is 5.56 Å². The highest BCUT2D eigenvalue weighted by atomic mass is 79.9. The summed E-state index contributed by atoms with van der Waals surface area (Å²) in [5, 5.41) is 8.99. The number of carbonyl (C=O) groups is 1. The van der Waals surface area contributed by atoms with Crippen LogP contribution < -0.4 is 0 Å². The van der Waals surface area contributed by atoms with Gasteiger partial charge in [-0.3, -0.25) is 0 Å². The van der Waals surface area contributed by atoms with E-state index in [1.165, 1.54) is 18.2 Å². The van der Waals surface area contributed by atoms with Crippen LogP contribution in [0.25, 0.3) is 11.1 Å². The van der Waals surface area contributed by atoms with E-state index in [1.54, 1.807) is 24.3 Å². The van der Waals surface area contributed by atoms with Gasteiger partial charge in [-0.25, -0.2) is 9.18 Å². The second-order valence-corrected chi connectivity index (χ2v) is 4.36. The summed E-state index contributed by atoms with van der Waals surface area (Å²) >= 11 is 3.16. The van der Waals surface area contributed by atoms with Crippen LogP contribution in [0.2, 0.25) is 0 Å². The van der Waals surface area contributed by atoms with Crippen molar-refractivity contribution in [3.63, 3.8) is 0 Å². The third-order valence-corrected chi connectivity index (χ3v) is 3.05. The number of aromatic carboxylic acids is 1. The van der Waals surface area contributed by atoms with Crippen molar-refractivity contribution in [2.75, 3.05) is 0 Å². The smallest absolute Gasteiger partial charge is 0.336 e. The Hall–Kier alpha value is -1.68. The number of rotatable bonds is 2. The molecule has 0 saturated carbocycles. The molecular weight excluding hydrogens is 287 g/mol. The molecule has 0 bridgehead atoms. The Morgan fingerprint density at radius 1 is 1.12 bits per heavy atom. The van der Waals surface area contributed by atoms with E-state index in [2.05, 4.69) is 15.9 Å². The SMILES string of the molecule is O=C(O)c1cc(-c2cccc(F)c2)ccc1Br. The molecule has 0 amide bonds. The molecule has 2 aromatic carbocycles. The molecule has 0 fully saturated rings. The molecule has 2 rings (SSSR count). The number of hydrogen-bond acceptors (Lipinski definition) is 1. The molecule has 2 nitrogen and oxygen atoms in total. The van der Waals surface area contributed by atoms with E-state index in [0.29, 0.717) is 15.6 Å². The molecule has 0 saturated heterocycles. The summed E-state index contributed by atoms with van der Waals surface area (Å²) in [5.74, 6) is -1.36. The predicted molar refractivity (Wildman–Crippen MR) is 66.5 cm³/mol. The van der Waals surface area contributed by atoms with E-state index in [0.717, 1.165) is 0 Å². The van der Waals surface area contributed by atoms with E-state index in [1.807, 2.05) is 0 Å². The second kappa shape index (κ2) is 4.67. The summed E-state index contributed by atoms with van der Waals surface area (Å²) in [6, 6.07) is 10.9. The van der Waals surface area contributed by atoms with Crippen molar-refractivity contribution in [1.29, 1.82) is 0 Å². The van der Waals surface area contributed by atoms with Crippen molar-refractivity contribution < 1.29 is 14.3 Å². The summed E-state index contributed by atoms with van der Waals surface area (Å²) in [4.78, 5) is 11.0. The zero-order valence-electron chi connectivity index (χ0n) is 8.65. The van der Waals surface area contributed by atoms with Crippen LogP contribution in [0.1, 0.15) is 10.4 Å². The highest BCUT2D eigenvalue weighted by Crippen LogP contribution is 2.26. The minimum Gasteiger partial charge on any atom is -0.478 e. The maximum Gasteiger partial charge on any atom is 0.336 e. The van der Waals surface area contributed by atoms with Crippen LogP contribution in [0.15, 0.2) is 46.9 Å². The fourth-order valence-corrected chi connectivity index (χ4v) is 1.95. The molecule has 17 heavy (non-hydrogen) atoms. The van der Waals surface area contributed by atoms with Crippen LogP contribution in [0.4, 0.5) is 4.39 Å². The van der Waals surface area contributed by atoms with Gasteiger partial charge in [0.2, 0.25) is 0 Å².